The zero-order valence-electron chi connectivity index (χ0n) is 16.0. The molecule has 7 heteroatoms. The lowest BCUT2D eigenvalue weighted by atomic mass is 9.81. The van der Waals surface area contributed by atoms with E-state index >= 15 is 0 Å². The summed E-state index contributed by atoms with van der Waals surface area (Å²) in [6.07, 6.45) is 9.31. The molecule has 7 nitrogen and oxygen atoms in total. The normalized spacial score (nSPS) is 20.2. The number of nitrogens with one attached hydrogen (secondary N) is 2. The Morgan fingerprint density at radius 3 is 3.07 bits per heavy atom. The number of anilines is 1. The van der Waals surface area contributed by atoms with Crippen molar-refractivity contribution in [3.05, 3.63) is 71.3 Å². The summed E-state index contributed by atoms with van der Waals surface area (Å²) in [5, 5.41) is 5.03. The van der Waals surface area contributed by atoms with E-state index < -0.39 is 0 Å². The Bertz CT molecular complexity index is 1260. The van der Waals surface area contributed by atoms with Crippen LogP contribution >= 0.6 is 0 Å². The number of benzene rings is 1. The van der Waals surface area contributed by atoms with Gasteiger partial charge in [0.25, 0.3) is 0 Å². The van der Waals surface area contributed by atoms with E-state index in [0.29, 0.717) is 11.0 Å². The Labute approximate surface area is 166 Å². The highest BCUT2D eigenvalue weighted by molar-refractivity contribution is 5.82. The molecule has 3 unspecified atom stereocenters. The second-order valence-corrected chi connectivity index (χ2v) is 7.54. The highest BCUT2D eigenvalue weighted by atomic mass is 16.4. The largest absolute Gasteiger partial charge is 0.427 e. The van der Waals surface area contributed by atoms with Crippen LogP contribution in [0.3, 0.4) is 0 Å². The number of hydrogen-bond acceptors (Lipinski definition) is 6. The van der Waals surface area contributed by atoms with Crippen LogP contribution in [0.5, 0.6) is 0 Å². The van der Waals surface area contributed by atoms with Gasteiger partial charge in [-0.1, -0.05) is 30.4 Å². The van der Waals surface area contributed by atoms with E-state index in [2.05, 4.69) is 44.3 Å². The van der Waals surface area contributed by atoms with Crippen molar-refractivity contribution in [2.24, 2.45) is 5.92 Å². The van der Waals surface area contributed by atoms with Crippen molar-refractivity contribution in [1.82, 2.24) is 19.9 Å². The van der Waals surface area contributed by atoms with E-state index in [0.717, 1.165) is 35.3 Å². The number of fused-ring (bicyclic) bond motifs is 2. The van der Waals surface area contributed by atoms with Crippen LogP contribution in [0.25, 0.3) is 21.9 Å². The van der Waals surface area contributed by atoms with Crippen LogP contribution in [0, 0.1) is 5.92 Å². The molecule has 0 amide bonds. The summed E-state index contributed by atoms with van der Waals surface area (Å²) in [5.41, 5.74) is 1.18. The van der Waals surface area contributed by atoms with Gasteiger partial charge in [0.15, 0.2) is 11.5 Å². The summed E-state index contributed by atoms with van der Waals surface area (Å²) in [5.74, 6) is 1.92. The minimum Gasteiger partial charge on any atom is -0.427 e. The maximum atomic E-state index is 12.4. The third kappa shape index (κ3) is 3.29. The highest BCUT2D eigenvalue weighted by Gasteiger charge is 2.26. The monoisotopic (exact) mass is 387 g/mol. The van der Waals surface area contributed by atoms with Gasteiger partial charge in [-0.15, -0.1) is 0 Å². The Balaban J connectivity index is 1.38. The Hall–Kier alpha value is -3.48. The first-order valence-corrected chi connectivity index (χ1v) is 9.79. The molecule has 1 aliphatic carbocycles. The first kappa shape index (κ1) is 17.6. The van der Waals surface area contributed by atoms with Gasteiger partial charge in [0.2, 0.25) is 0 Å². The molecule has 0 radical (unpaired) electrons. The van der Waals surface area contributed by atoms with Crippen molar-refractivity contribution in [3.8, 4) is 0 Å². The minimum atomic E-state index is -0.266. The summed E-state index contributed by atoms with van der Waals surface area (Å²) >= 11 is 0. The third-order valence-corrected chi connectivity index (χ3v) is 5.68. The van der Waals surface area contributed by atoms with Crippen molar-refractivity contribution < 1.29 is 4.42 Å². The lowest BCUT2D eigenvalue weighted by Gasteiger charge is -2.29. The van der Waals surface area contributed by atoms with Gasteiger partial charge in [0.1, 0.15) is 17.6 Å². The van der Waals surface area contributed by atoms with Crippen molar-refractivity contribution >= 4 is 27.8 Å². The second kappa shape index (κ2) is 7.16. The van der Waals surface area contributed by atoms with Gasteiger partial charge < -0.3 is 14.7 Å². The summed E-state index contributed by atoms with van der Waals surface area (Å²) in [6, 6.07) is 9.70. The molecule has 0 spiro atoms. The van der Waals surface area contributed by atoms with Gasteiger partial charge in [0.05, 0.1) is 11.7 Å². The molecule has 1 aliphatic rings. The lowest BCUT2D eigenvalue weighted by Crippen LogP contribution is -2.28. The smallest absolute Gasteiger partial charge is 0.343 e. The zero-order chi connectivity index (χ0) is 19.8. The topological polar surface area (TPSA) is 96.7 Å². The molecule has 0 bridgehead atoms. The molecular weight excluding hydrogens is 366 g/mol. The summed E-state index contributed by atoms with van der Waals surface area (Å²) in [7, 11) is 0. The SMILES string of the molecule is CC(Nc1ncnc2[nH]cnc12)C1C=CCC(c2cc3ccccc3c(=O)o2)C1. The van der Waals surface area contributed by atoms with Gasteiger partial charge in [-0.25, -0.2) is 19.7 Å². The molecule has 4 aromatic rings. The van der Waals surface area contributed by atoms with Crippen LogP contribution in [0.1, 0.15) is 31.4 Å². The molecule has 5 rings (SSSR count). The van der Waals surface area contributed by atoms with Gasteiger partial charge in [0, 0.05) is 12.0 Å². The zero-order valence-corrected chi connectivity index (χ0v) is 16.0. The van der Waals surface area contributed by atoms with Crippen molar-refractivity contribution in [1.29, 1.82) is 0 Å². The molecule has 146 valence electrons. The van der Waals surface area contributed by atoms with Gasteiger partial charge in [-0.3, -0.25) is 0 Å². The van der Waals surface area contributed by atoms with E-state index in [1.165, 1.54) is 6.33 Å². The quantitative estimate of drug-likeness (QED) is 0.514. The number of H-pyrrole nitrogens is 1. The average Bonchev–Trinajstić information content (AvgIpc) is 3.24. The number of hydrogen-bond donors (Lipinski definition) is 2. The molecular formula is C22H21N5O2. The molecule has 3 atom stereocenters. The number of rotatable bonds is 4. The van der Waals surface area contributed by atoms with Crippen molar-refractivity contribution in [3.63, 3.8) is 0 Å². The molecule has 0 fully saturated rings. The van der Waals surface area contributed by atoms with E-state index in [4.69, 9.17) is 4.42 Å². The number of aromatic amines is 1. The molecule has 2 N–H and O–H groups in total. The van der Waals surface area contributed by atoms with Gasteiger partial charge in [-0.2, -0.15) is 0 Å². The number of nitrogens with zero attached hydrogens (tertiary/aromatic N) is 3. The molecule has 0 saturated carbocycles. The van der Waals surface area contributed by atoms with Crippen molar-refractivity contribution in [2.45, 2.75) is 31.7 Å². The van der Waals surface area contributed by atoms with Gasteiger partial charge >= 0.3 is 5.63 Å². The van der Waals surface area contributed by atoms with E-state index in [1.807, 2.05) is 24.3 Å². The Morgan fingerprint density at radius 2 is 2.14 bits per heavy atom. The van der Waals surface area contributed by atoms with Crippen LogP contribution in [-0.2, 0) is 0 Å². The fourth-order valence-electron chi connectivity index (χ4n) is 4.07. The summed E-state index contributed by atoms with van der Waals surface area (Å²) in [6.45, 7) is 2.13. The van der Waals surface area contributed by atoms with E-state index in [-0.39, 0.29) is 23.5 Å². The van der Waals surface area contributed by atoms with Crippen LogP contribution in [0.15, 0.2) is 64.4 Å². The van der Waals surface area contributed by atoms with E-state index in [9.17, 15) is 4.79 Å². The Morgan fingerprint density at radius 1 is 1.24 bits per heavy atom. The second-order valence-electron chi connectivity index (χ2n) is 7.54. The van der Waals surface area contributed by atoms with Crippen LogP contribution in [-0.4, -0.2) is 26.0 Å². The predicted molar refractivity (Wildman–Crippen MR) is 112 cm³/mol. The molecule has 3 heterocycles. The fraction of sp³-hybridized carbons (Fsp3) is 0.273. The number of aromatic nitrogens is 4. The molecule has 3 aromatic heterocycles. The van der Waals surface area contributed by atoms with Gasteiger partial charge in [-0.05, 0) is 43.2 Å². The lowest BCUT2D eigenvalue weighted by molar-refractivity contribution is 0.369. The fourth-order valence-corrected chi connectivity index (χ4v) is 4.07. The molecule has 29 heavy (non-hydrogen) atoms. The molecule has 1 aromatic carbocycles. The first-order valence-electron chi connectivity index (χ1n) is 9.79. The molecule has 0 saturated heterocycles. The molecule has 0 aliphatic heterocycles. The maximum absolute atomic E-state index is 12.4. The van der Waals surface area contributed by atoms with Crippen LogP contribution in [0.4, 0.5) is 5.82 Å². The summed E-state index contributed by atoms with van der Waals surface area (Å²) in [4.78, 5) is 28.2. The predicted octanol–water partition coefficient (Wildman–Crippen LogP) is 4.01. The van der Waals surface area contributed by atoms with Crippen LogP contribution in [0.2, 0.25) is 0 Å². The first-order chi connectivity index (χ1) is 14.2. The van der Waals surface area contributed by atoms with Crippen molar-refractivity contribution in [2.75, 3.05) is 5.32 Å². The van der Waals surface area contributed by atoms with Crippen LogP contribution < -0.4 is 10.9 Å². The number of allylic oxidation sites excluding steroid dienone is 1. The Kier molecular flexibility index (Phi) is 4.35. The highest BCUT2D eigenvalue weighted by Crippen LogP contribution is 2.35. The van der Waals surface area contributed by atoms with E-state index in [1.54, 1.807) is 12.4 Å². The average molecular weight is 387 g/mol. The minimum absolute atomic E-state index is 0.135. The standard InChI is InChI=1S/C22H21N5O2/c1-13(27-21-19-20(24-11-23-19)25-12-26-21)14-6-4-7-16(9-14)18-10-15-5-2-3-8-17(15)22(28)29-18/h2-6,8,10-14,16H,7,9H2,1H3,(H2,23,24,25,26,27). The third-order valence-electron chi connectivity index (χ3n) is 5.68. The maximum Gasteiger partial charge on any atom is 0.343 e. The number of imidazole rings is 1. The summed E-state index contributed by atoms with van der Waals surface area (Å²) < 4.78 is 5.68.